The predicted octanol–water partition coefficient (Wildman–Crippen LogP) is 1.46. The van der Waals surface area contributed by atoms with Gasteiger partial charge in [-0.15, -0.1) is 0 Å². The molecule has 0 radical (unpaired) electrons. The Morgan fingerprint density at radius 3 is 2.82 bits per heavy atom. The predicted molar refractivity (Wildman–Crippen MR) is 65.0 cm³/mol. The largest absolute Gasteiger partial charge is 0.355 e. The smallest absolute Gasteiger partial charge is 0.147 e. The molecular weight excluding hydrogens is 238 g/mol. The molecule has 2 aromatic heterocycles. The van der Waals surface area contributed by atoms with Gasteiger partial charge >= 0.3 is 0 Å². The number of halogens is 1. The van der Waals surface area contributed by atoms with E-state index in [0.29, 0.717) is 10.9 Å². The fourth-order valence-electron chi connectivity index (χ4n) is 2.03. The van der Waals surface area contributed by atoms with Crippen LogP contribution >= 0.6 is 11.6 Å². The van der Waals surface area contributed by atoms with E-state index in [1.807, 2.05) is 10.9 Å². The molecule has 3 rings (SSSR count). The van der Waals surface area contributed by atoms with Crippen LogP contribution in [0.15, 0.2) is 31.0 Å². The second-order valence-electron chi connectivity index (χ2n) is 4.22. The van der Waals surface area contributed by atoms with E-state index in [-0.39, 0.29) is 0 Å². The van der Waals surface area contributed by atoms with Crippen molar-refractivity contribution < 1.29 is 0 Å². The second kappa shape index (κ2) is 4.33. The van der Waals surface area contributed by atoms with Gasteiger partial charge < -0.3 is 4.90 Å². The maximum atomic E-state index is 5.82. The number of aromatic nitrogens is 4. The Labute approximate surface area is 104 Å². The van der Waals surface area contributed by atoms with Gasteiger partial charge in [-0.1, -0.05) is 11.6 Å². The lowest BCUT2D eigenvalue weighted by molar-refractivity contribution is 0.340. The van der Waals surface area contributed by atoms with Crippen LogP contribution < -0.4 is 4.90 Å². The Morgan fingerprint density at radius 2 is 2.18 bits per heavy atom. The van der Waals surface area contributed by atoms with Gasteiger partial charge in [-0.3, -0.25) is 9.67 Å². The Kier molecular flexibility index (Phi) is 2.68. The molecule has 0 saturated carbocycles. The molecule has 0 unspecified atom stereocenters. The number of rotatable bonds is 3. The first kappa shape index (κ1) is 10.5. The summed E-state index contributed by atoms with van der Waals surface area (Å²) in [7, 11) is 0. The van der Waals surface area contributed by atoms with Gasteiger partial charge in [-0.25, -0.2) is 4.98 Å². The maximum absolute atomic E-state index is 5.82. The number of nitrogens with zero attached hydrogens (tertiary/aromatic N) is 5. The lowest BCUT2D eigenvalue weighted by Crippen LogP contribution is -2.49. The van der Waals surface area contributed by atoms with Crippen LogP contribution in [-0.2, 0) is 6.54 Å². The van der Waals surface area contributed by atoms with Crippen molar-refractivity contribution in [1.29, 1.82) is 0 Å². The molecule has 0 aromatic carbocycles. The van der Waals surface area contributed by atoms with Crippen LogP contribution in [-0.4, -0.2) is 32.8 Å². The minimum atomic E-state index is 0.605. The summed E-state index contributed by atoms with van der Waals surface area (Å²) in [5.41, 5.74) is 0. The fraction of sp³-hybridized carbons (Fsp3) is 0.364. The molecule has 2 aromatic rings. The van der Waals surface area contributed by atoms with Gasteiger partial charge in [0.05, 0.1) is 17.4 Å². The average molecular weight is 250 g/mol. The summed E-state index contributed by atoms with van der Waals surface area (Å²) >= 11 is 5.82. The highest BCUT2D eigenvalue weighted by Gasteiger charge is 2.28. The summed E-state index contributed by atoms with van der Waals surface area (Å²) in [6, 6.07) is 0. The summed E-state index contributed by atoms with van der Waals surface area (Å²) in [5.74, 6) is 1.55. The van der Waals surface area contributed by atoms with E-state index < -0.39 is 0 Å². The Balaban J connectivity index is 1.55. The van der Waals surface area contributed by atoms with Crippen LogP contribution in [0.4, 0.5) is 5.82 Å². The summed E-state index contributed by atoms with van der Waals surface area (Å²) in [6.45, 7) is 2.90. The average Bonchev–Trinajstić information content (AvgIpc) is 2.70. The molecule has 1 saturated heterocycles. The van der Waals surface area contributed by atoms with E-state index in [2.05, 4.69) is 20.0 Å². The highest BCUT2D eigenvalue weighted by molar-refractivity contribution is 6.30. The zero-order valence-corrected chi connectivity index (χ0v) is 9.96. The molecule has 88 valence electrons. The molecule has 3 heterocycles. The van der Waals surface area contributed by atoms with Gasteiger partial charge in [0, 0.05) is 44.1 Å². The lowest BCUT2D eigenvalue weighted by Gasteiger charge is -2.39. The maximum Gasteiger partial charge on any atom is 0.147 e. The third kappa shape index (κ3) is 2.24. The standard InChI is InChI=1S/C11H12ClN5/c12-10-3-15-17(8-10)7-9-5-16(6-9)11-4-13-1-2-14-11/h1-4,8-9H,5-7H2. The van der Waals surface area contributed by atoms with Gasteiger partial charge in [0.1, 0.15) is 5.82 Å². The van der Waals surface area contributed by atoms with Crippen molar-refractivity contribution in [2.75, 3.05) is 18.0 Å². The molecule has 5 nitrogen and oxygen atoms in total. The first-order valence-corrected chi connectivity index (χ1v) is 5.88. The minimum absolute atomic E-state index is 0.605. The molecule has 1 aliphatic rings. The molecule has 0 amide bonds. The van der Waals surface area contributed by atoms with Crippen LogP contribution in [0.5, 0.6) is 0 Å². The zero-order chi connectivity index (χ0) is 11.7. The normalized spacial score (nSPS) is 15.9. The first-order chi connectivity index (χ1) is 8.31. The van der Waals surface area contributed by atoms with Crippen LogP contribution in [0.2, 0.25) is 5.02 Å². The van der Waals surface area contributed by atoms with Crippen molar-refractivity contribution in [1.82, 2.24) is 19.7 Å². The molecule has 0 bridgehead atoms. The lowest BCUT2D eigenvalue weighted by atomic mass is 10.0. The molecule has 0 aliphatic carbocycles. The second-order valence-corrected chi connectivity index (χ2v) is 4.65. The Morgan fingerprint density at radius 1 is 1.29 bits per heavy atom. The number of hydrogen-bond acceptors (Lipinski definition) is 4. The van der Waals surface area contributed by atoms with Gasteiger partial charge in [0.15, 0.2) is 0 Å². The first-order valence-electron chi connectivity index (χ1n) is 5.50. The fourth-order valence-corrected chi connectivity index (χ4v) is 2.19. The molecule has 17 heavy (non-hydrogen) atoms. The van der Waals surface area contributed by atoms with Crippen LogP contribution in [0, 0.1) is 5.92 Å². The molecule has 0 spiro atoms. The van der Waals surface area contributed by atoms with E-state index >= 15 is 0 Å². The van der Waals surface area contributed by atoms with Gasteiger partial charge in [0.2, 0.25) is 0 Å². The SMILES string of the molecule is Clc1cnn(CC2CN(c3cnccn3)C2)c1. The molecule has 1 fully saturated rings. The van der Waals surface area contributed by atoms with E-state index in [4.69, 9.17) is 11.6 Å². The third-order valence-corrected chi connectivity index (χ3v) is 3.07. The molecular formula is C11H12ClN5. The van der Waals surface area contributed by atoms with Gasteiger partial charge in [0.25, 0.3) is 0 Å². The summed E-state index contributed by atoms with van der Waals surface area (Å²) in [4.78, 5) is 10.5. The highest BCUT2D eigenvalue weighted by atomic mass is 35.5. The molecule has 0 atom stereocenters. The number of anilines is 1. The topological polar surface area (TPSA) is 46.8 Å². The third-order valence-electron chi connectivity index (χ3n) is 2.88. The summed E-state index contributed by atoms with van der Waals surface area (Å²) in [6.07, 6.45) is 8.72. The summed E-state index contributed by atoms with van der Waals surface area (Å²) in [5, 5.41) is 4.86. The quantitative estimate of drug-likeness (QED) is 0.826. The van der Waals surface area contributed by atoms with Crippen LogP contribution in [0.3, 0.4) is 0 Å². The van der Waals surface area contributed by atoms with Crippen molar-refractivity contribution in [3.63, 3.8) is 0 Å². The van der Waals surface area contributed by atoms with Crippen molar-refractivity contribution in [2.45, 2.75) is 6.54 Å². The van der Waals surface area contributed by atoms with Crippen LogP contribution in [0.25, 0.3) is 0 Å². The monoisotopic (exact) mass is 249 g/mol. The minimum Gasteiger partial charge on any atom is -0.355 e. The molecule has 6 heteroatoms. The summed E-state index contributed by atoms with van der Waals surface area (Å²) < 4.78 is 1.89. The Hall–Kier alpha value is -1.62. The van der Waals surface area contributed by atoms with Crippen molar-refractivity contribution in [2.24, 2.45) is 5.92 Å². The van der Waals surface area contributed by atoms with Crippen molar-refractivity contribution in [3.8, 4) is 0 Å². The van der Waals surface area contributed by atoms with Gasteiger partial charge in [-0.05, 0) is 0 Å². The molecule has 0 N–H and O–H groups in total. The Bertz CT molecular complexity index is 492. The van der Waals surface area contributed by atoms with E-state index in [9.17, 15) is 0 Å². The van der Waals surface area contributed by atoms with Gasteiger partial charge in [-0.2, -0.15) is 5.10 Å². The highest BCUT2D eigenvalue weighted by Crippen LogP contribution is 2.22. The number of hydrogen-bond donors (Lipinski definition) is 0. The van der Waals surface area contributed by atoms with E-state index in [1.165, 1.54) is 0 Å². The molecule has 1 aliphatic heterocycles. The van der Waals surface area contributed by atoms with Crippen LogP contribution in [0.1, 0.15) is 0 Å². The van der Waals surface area contributed by atoms with Crippen molar-refractivity contribution >= 4 is 17.4 Å². The zero-order valence-electron chi connectivity index (χ0n) is 9.20. The van der Waals surface area contributed by atoms with E-state index in [0.717, 1.165) is 25.5 Å². The van der Waals surface area contributed by atoms with Crippen molar-refractivity contribution in [3.05, 3.63) is 36.0 Å². The van der Waals surface area contributed by atoms with E-state index in [1.54, 1.807) is 24.8 Å².